The van der Waals surface area contributed by atoms with Gasteiger partial charge >= 0.3 is 5.97 Å². The highest BCUT2D eigenvalue weighted by Gasteiger charge is 2.23. The van der Waals surface area contributed by atoms with E-state index in [0.717, 1.165) is 38.9 Å². The molecule has 0 aromatic carbocycles. The van der Waals surface area contributed by atoms with Gasteiger partial charge in [-0.1, -0.05) is 20.8 Å². The predicted molar refractivity (Wildman–Crippen MR) is 58.4 cm³/mol. The summed E-state index contributed by atoms with van der Waals surface area (Å²) in [5.74, 6) is -0.704. The molecule has 1 aliphatic heterocycles. The first-order chi connectivity index (χ1) is 6.74. The molecule has 1 fully saturated rings. The average Bonchev–Trinajstić information content (AvgIpc) is 2.22. The summed E-state index contributed by atoms with van der Waals surface area (Å²) in [5.41, 5.74) is 0. The minimum absolute atomic E-state index is 0.0851. The van der Waals surface area contributed by atoms with Gasteiger partial charge in [-0.3, -0.25) is 4.79 Å². The van der Waals surface area contributed by atoms with E-state index >= 15 is 0 Å². The Morgan fingerprint density at radius 3 is 2.21 bits per heavy atom. The zero-order chi connectivity index (χ0) is 11.0. The van der Waals surface area contributed by atoms with Crippen molar-refractivity contribution in [2.45, 2.75) is 40.0 Å². The number of likely N-dealkylation sites (tertiary alicyclic amines) is 1. The third-order valence-electron chi connectivity index (χ3n) is 2.48. The van der Waals surface area contributed by atoms with E-state index in [1.165, 1.54) is 0 Å². The number of carboxylic acids is 1. The zero-order valence-corrected chi connectivity index (χ0v) is 9.62. The maximum atomic E-state index is 10.6. The van der Waals surface area contributed by atoms with E-state index in [1.54, 1.807) is 0 Å². The fraction of sp³-hybridized carbons (Fsp3) is 0.909. The van der Waals surface area contributed by atoms with Crippen LogP contribution in [-0.2, 0) is 4.79 Å². The van der Waals surface area contributed by atoms with Crippen molar-refractivity contribution in [3.8, 4) is 0 Å². The summed E-state index contributed by atoms with van der Waals surface area (Å²) in [6.45, 7) is 9.20. The number of hydrogen-bond donors (Lipinski definition) is 1. The Hall–Kier alpha value is -0.570. The summed E-state index contributed by atoms with van der Waals surface area (Å²) in [7, 11) is 0. The molecule has 3 heteroatoms. The molecule has 0 unspecified atom stereocenters. The van der Waals surface area contributed by atoms with Gasteiger partial charge in [0.2, 0.25) is 0 Å². The van der Waals surface area contributed by atoms with Gasteiger partial charge in [0.15, 0.2) is 0 Å². The lowest BCUT2D eigenvalue weighted by molar-refractivity contribution is -0.143. The lowest BCUT2D eigenvalue weighted by atomic mass is 9.97. The van der Waals surface area contributed by atoms with Gasteiger partial charge in [-0.05, 0) is 38.9 Å². The summed E-state index contributed by atoms with van der Waals surface area (Å²) < 4.78 is 0. The Kier molecular flexibility index (Phi) is 7.48. The van der Waals surface area contributed by atoms with Crippen LogP contribution in [0.2, 0.25) is 0 Å². The van der Waals surface area contributed by atoms with Crippen LogP contribution in [0.1, 0.15) is 40.0 Å². The van der Waals surface area contributed by atoms with Crippen molar-refractivity contribution >= 4 is 5.97 Å². The molecule has 1 heterocycles. The van der Waals surface area contributed by atoms with Crippen LogP contribution < -0.4 is 0 Å². The van der Waals surface area contributed by atoms with Crippen LogP contribution in [0.25, 0.3) is 0 Å². The van der Waals surface area contributed by atoms with Crippen LogP contribution in [0, 0.1) is 5.92 Å². The molecule has 3 nitrogen and oxygen atoms in total. The van der Waals surface area contributed by atoms with Crippen LogP contribution in [0.15, 0.2) is 0 Å². The average molecular weight is 201 g/mol. The van der Waals surface area contributed by atoms with E-state index in [4.69, 9.17) is 5.11 Å². The molecule has 1 saturated heterocycles. The molecule has 1 N–H and O–H groups in total. The van der Waals surface area contributed by atoms with Gasteiger partial charge in [-0.15, -0.1) is 0 Å². The fourth-order valence-electron chi connectivity index (χ4n) is 1.72. The quantitative estimate of drug-likeness (QED) is 0.761. The molecule has 14 heavy (non-hydrogen) atoms. The van der Waals surface area contributed by atoms with E-state index < -0.39 is 5.97 Å². The predicted octanol–water partition coefficient (Wildman–Crippen LogP) is 2.22. The summed E-state index contributed by atoms with van der Waals surface area (Å²) in [6.07, 6.45) is 2.82. The van der Waals surface area contributed by atoms with E-state index in [2.05, 4.69) is 11.8 Å². The molecule has 0 amide bonds. The normalized spacial score (nSPS) is 18.5. The standard InChI is InChI=1S/C9H17NO2.C2H6/c1-2-5-10-6-3-8(4-7-10)9(11)12;1-2/h8H,2-7H2,1H3,(H,11,12);1-2H3. The molecule has 0 aromatic heterocycles. The van der Waals surface area contributed by atoms with Crippen LogP contribution in [0.5, 0.6) is 0 Å². The summed E-state index contributed by atoms with van der Waals surface area (Å²) in [4.78, 5) is 12.9. The Morgan fingerprint density at radius 1 is 1.36 bits per heavy atom. The number of carbonyl (C=O) groups is 1. The van der Waals surface area contributed by atoms with Crippen molar-refractivity contribution in [1.82, 2.24) is 4.90 Å². The fourth-order valence-corrected chi connectivity index (χ4v) is 1.72. The van der Waals surface area contributed by atoms with Crippen LogP contribution in [-0.4, -0.2) is 35.6 Å². The summed E-state index contributed by atoms with van der Waals surface area (Å²) >= 11 is 0. The first-order valence-corrected chi connectivity index (χ1v) is 5.69. The van der Waals surface area contributed by atoms with E-state index in [1.807, 2.05) is 13.8 Å². The van der Waals surface area contributed by atoms with Crippen LogP contribution in [0.4, 0.5) is 0 Å². The number of nitrogens with zero attached hydrogens (tertiary/aromatic N) is 1. The Labute approximate surface area is 87.1 Å². The second-order valence-electron chi connectivity index (χ2n) is 3.45. The lowest BCUT2D eigenvalue weighted by Gasteiger charge is -2.29. The molecule has 1 aliphatic rings. The lowest BCUT2D eigenvalue weighted by Crippen LogP contribution is -2.36. The van der Waals surface area contributed by atoms with Crippen LogP contribution >= 0.6 is 0 Å². The third kappa shape index (κ3) is 4.61. The van der Waals surface area contributed by atoms with Gasteiger partial charge in [0.1, 0.15) is 0 Å². The summed E-state index contributed by atoms with van der Waals surface area (Å²) in [5, 5.41) is 8.74. The maximum Gasteiger partial charge on any atom is 0.306 e. The third-order valence-corrected chi connectivity index (χ3v) is 2.48. The molecule has 0 aliphatic carbocycles. The van der Waals surface area contributed by atoms with Crippen molar-refractivity contribution in [3.05, 3.63) is 0 Å². The minimum Gasteiger partial charge on any atom is -0.481 e. The smallest absolute Gasteiger partial charge is 0.306 e. The van der Waals surface area contributed by atoms with E-state index in [0.29, 0.717) is 0 Å². The molecule has 0 aromatic rings. The highest BCUT2D eigenvalue weighted by molar-refractivity contribution is 5.70. The number of rotatable bonds is 3. The van der Waals surface area contributed by atoms with Crippen molar-refractivity contribution < 1.29 is 9.90 Å². The Balaban J connectivity index is 0.000000791. The SMILES string of the molecule is CC.CCCN1CCC(C(=O)O)CC1. The molecule has 0 spiro atoms. The topological polar surface area (TPSA) is 40.5 Å². The second-order valence-corrected chi connectivity index (χ2v) is 3.45. The Morgan fingerprint density at radius 2 is 1.86 bits per heavy atom. The van der Waals surface area contributed by atoms with Gasteiger partial charge < -0.3 is 10.0 Å². The van der Waals surface area contributed by atoms with Crippen molar-refractivity contribution in [2.24, 2.45) is 5.92 Å². The molecule has 0 atom stereocenters. The van der Waals surface area contributed by atoms with E-state index in [9.17, 15) is 4.79 Å². The van der Waals surface area contributed by atoms with Gasteiger partial charge in [-0.2, -0.15) is 0 Å². The first-order valence-electron chi connectivity index (χ1n) is 5.69. The molecule has 0 radical (unpaired) electrons. The molecular formula is C11H23NO2. The molecular weight excluding hydrogens is 178 g/mol. The maximum absolute atomic E-state index is 10.6. The van der Waals surface area contributed by atoms with Crippen molar-refractivity contribution in [2.75, 3.05) is 19.6 Å². The van der Waals surface area contributed by atoms with Crippen molar-refractivity contribution in [1.29, 1.82) is 0 Å². The monoisotopic (exact) mass is 201 g/mol. The second kappa shape index (κ2) is 7.80. The Bertz CT molecular complexity index is 151. The highest BCUT2D eigenvalue weighted by atomic mass is 16.4. The molecule has 0 bridgehead atoms. The number of carboxylic acid groups (broad SMARTS) is 1. The highest BCUT2D eigenvalue weighted by Crippen LogP contribution is 2.16. The van der Waals surface area contributed by atoms with E-state index in [-0.39, 0.29) is 5.92 Å². The number of hydrogen-bond acceptors (Lipinski definition) is 2. The van der Waals surface area contributed by atoms with Crippen LogP contribution in [0.3, 0.4) is 0 Å². The number of piperidine rings is 1. The zero-order valence-electron chi connectivity index (χ0n) is 9.62. The largest absolute Gasteiger partial charge is 0.481 e. The molecule has 1 rings (SSSR count). The van der Waals surface area contributed by atoms with Gasteiger partial charge in [0, 0.05) is 0 Å². The molecule has 0 saturated carbocycles. The molecule has 84 valence electrons. The van der Waals surface area contributed by atoms with Gasteiger partial charge in [-0.25, -0.2) is 0 Å². The number of aliphatic carboxylic acids is 1. The van der Waals surface area contributed by atoms with Gasteiger partial charge in [0.05, 0.1) is 5.92 Å². The van der Waals surface area contributed by atoms with Gasteiger partial charge in [0.25, 0.3) is 0 Å². The minimum atomic E-state index is -0.619. The first kappa shape index (κ1) is 13.4. The van der Waals surface area contributed by atoms with Crippen molar-refractivity contribution in [3.63, 3.8) is 0 Å². The summed E-state index contributed by atoms with van der Waals surface area (Å²) in [6, 6.07) is 0.